The van der Waals surface area contributed by atoms with Crippen molar-refractivity contribution in [2.24, 2.45) is 11.6 Å². The SMILES string of the molecule is N=C(N)NN.O=C1NC(=O)C([N+](=O)[O-])C(=O)N1. The monoisotopic (exact) mass is 247 g/mol. The molecule has 0 aliphatic carbocycles. The van der Waals surface area contributed by atoms with Crippen molar-refractivity contribution in [1.29, 1.82) is 5.41 Å². The minimum atomic E-state index is -2.03. The van der Waals surface area contributed by atoms with Gasteiger partial charge in [-0.25, -0.2) is 10.6 Å². The van der Waals surface area contributed by atoms with Crippen molar-refractivity contribution in [3.63, 3.8) is 0 Å². The van der Waals surface area contributed by atoms with Crippen LogP contribution < -0.4 is 27.6 Å². The maximum atomic E-state index is 10.6. The Hall–Kier alpha value is -2.76. The lowest BCUT2D eigenvalue weighted by molar-refractivity contribution is -0.494. The van der Waals surface area contributed by atoms with Gasteiger partial charge in [0.15, 0.2) is 5.96 Å². The molecule has 0 aromatic heterocycles. The molecule has 1 fully saturated rings. The number of hydrazine groups is 1. The van der Waals surface area contributed by atoms with Crippen LogP contribution in [-0.2, 0) is 9.59 Å². The van der Waals surface area contributed by atoms with Gasteiger partial charge in [0.25, 0.3) is 0 Å². The number of rotatable bonds is 1. The van der Waals surface area contributed by atoms with E-state index in [9.17, 15) is 24.5 Å². The zero-order valence-electron chi connectivity index (χ0n) is 8.22. The number of hydrogen-bond acceptors (Lipinski definition) is 7. The number of nitrogens with one attached hydrogen (secondary N) is 4. The molecule has 1 heterocycles. The molecular formula is C5H9N7O5. The highest BCUT2D eigenvalue weighted by molar-refractivity contribution is 6.17. The predicted molar refractivity (Wildman–Crippen MR) is 51.7 cm³/mol. The van der Waals surface area contributed by atoms with Gasteiger partial charge in [-0.05, 0) is 0 Å². The predicted octanol–water partition coefficient (Wildman–Crippen LogP) is -3.66. The van der Waals surface area contributed by atoms with Gasteiger partial charge < -0.3 is 5.73 Å². The number of urea groups is 1. The van der Waals surface area contributed by atoms with E-state index in [2.05, 4.69) is 11.6 Å². The van der Waals surface area contributed by atoms with Crippen LogP contribution in [0.3, 0.4) is 0 Å². The molecule has 1 aliphatic heterocycles. The zero-order valence-corrected chi connectivity index (χ0v) is 8.22. The summed E-state index contributed by atoms with van der Waals surface area (Å²) in [5.74, 6) is 1.93. The number of nitrogens with zero attached hydrogens (tertiary/aromatic N) is 1. The normalized spacial score (nSPS) is 15.0. The van der Waals surface area contributed by atoms with Gasteiger partial charge >= 0.3 is 23.9 Å². The van der Waals surface area contributed by atoms with Crippen molar-refractivity contribution in [2.45, 2.75) is 6.04 Å². The van der Waals surface area contributed by atoms with Crippen LogP contribution in [0.1, 0.15) is 0 Å². The van der Waals surface area contributed by atoms with Gasteiger partial charge in [0.1, 0.15) is 0 Å². The first-order valence-electron chi connectivity index (χ1n) is 3.89. The number of nitro groups is 1. The van der Waals surface area contributed by atoms with E-state index in [1.54, 1.807) is 10.6 Å². The molecule has 0 saturated carbocycles. The summed E-state index contributed by atoms with van der Waals surface area (Å²) in [6.07, 6.45) is 0. The summed E-state index contributed by atoms with van der Waals surface area (Å²) in [7, 11) is 0. The molecule has 1 rings (SSSR count). The standard InChI is InChI=1S/C4H3N3O5.CH6N4/c8-2-1(7(11)12)3(9)6-4(10)5-2;2-1(3)5-4/h1H,(H2,5,6,8,9,10);4H2,(H4,2,3,5). The Balaban J connectivity index is 0.000000437. The lowest BCUT2D eigenvalue weighted by Crippen LogP contribution is -2.61. The zero-order chi connectivity index (χ0) is 13.6. The van der Waals surface area contributed by atoms with Crippen LogP contribution in [0.25, 0.3) is 0 Å². The van der Waals surface area contributed by atoms with Crippen LogP contribution in [0.5, 0.6) is 0 Å². The fraction of sp³-hybridized carbons (Fsp3) is 0.200. The minimum absolute atomic E-state index is 0.218. The Labute approximate surface area is 93.3 Å². The Morgan fingerprint density at radius 3 is 1.94 bits per heavy atom. The van der Waals surface area contributed by atoms with Crippen molar-refractivity contribution in [1.82, 2.24) is 16.1 Å². The molecule has 0 bridgehead atoms. The fourth-order valence-corrected chi connectivity index (χ4v) is 0.702. The molecule has 0 radical (unpaired) electrons. The summed E-state index contributed by atoms with van der Waals surface area (Å²) in [6, 6.07) is -3.06. The molecule has 0 spiro atoms. The molecule has 0 unspecified atom stereocenters. The number of hydrogen-bond donors (Lipinski definition) is 6. The Bertz CT molecular complexity index is 359. The van der Waals surface area contributed by atoms with E-state index in [-0.39, 0.29) is 5.96 Å². The van der Waals surface area contributed by atoms with Crippen molar-refractivity contribution in [3.8, 4) is 0 Å². The number of amides is 4. The van der Waals surface area contributed by atoms with E-state index in [0.717, 1.165) is 0 Å². The highest BCUT2D eigenvalue weighted by Crippen LogP contribution is 1.95. The van der Waals surface area contributed by atoms with E-state index in [1.165, 1.54) is 0 Å². The molecule has 1 aliphatic rings. The molecule has 12 nitrogen and oxygen atoms in total. The van der Waals surface area contributed by atoms with E-state index in [4.69, 9.17) is 5.41 Å². The second kappa shape index (κ2) is 5.96. The first kappa shape index (κ1) is 14.2. The molecule has 0 aromatic rings. The Morgan fingerprint density at radius 1 is 1.35 bits per heavy atom. The molecule has 17 heavy (non-hydrogen) atoms. The maximum Gasteiger partial charge on any atom is 0.366 e. The van der Waals surface area contributed by atoms with E-state index >= 15 is 0 Å². The number of guanidine groups is 1. The van der Waals surface area contributed by atoms with Crippen LogP contribution in [0.15, 0.2) is 0 Å². The average molecular weight is 247 g/mol. The number of barbiturate groups is 1. The summed E-state index contributed by atoms with van der Waals surface area (Å²) in [5.41, 5.74) is 6.53. The number of carbonyl (C=O) groups excluding carboxylic acids is 3. The number of imide groups is 2. The summed E-state index contributed by atoms with van der Waals surface area (Å²) in [5, 5.41) is 19.5. The van der Waals surface area contributed by atoms with Crippen LogP contribution in [0.2, 0.25) is 0 Å². The van der Waals surface area contributed by atoms with Gasteiger partial charge in [0.05, 0.1) is 0 Å². The average Bonchev–Trinajstić information content (AvgIpc) is 2.15. The van der Waals surface area contributed by atoms with Gasteiger partial charge in [-0.2, -0.15) is 0 Å². The summed E-state index contributed by atoms with van der Waals surface area (Å²) in [4.78, 5) is 40.6. The summed E-state index contributed by atoms with van der Waals surface area (Å²) < 4.78 is 0. The van der Waals surface area contributed by atoms with Gasteiger partial charge in [-0.3, -0.25) is 41.2 Å². The molecule has 0 atom stereocenters. The molecule has 0 aromatic carbocycles. The van der Waals surface area contributed by atoms with Crippen molar-refractivity contribution >= 4 is 23.8 Å². The van der Waals surface area contributed by atoms with Gasteiger partial charge in [0, 0.05) is 4.92 Å². The summed E-state index contributed by atoms with van der Waals surface area (Å²) in [6.45, 7) is 0. The molecule has 8 N–H and O–H groups in total. The highest BCUT2D eigenvalue weighted by atomic mass is 16.6. The van der Waals surface area contributed by atoms with Crippen LogP contribution in [-0.4, -0.2) is 34.8 Å². The Morgan fingerprint density at radius 2 is 1.71 bits per heavy atom. The van der Waals surface area contributed by atoms with E-state index in [1.807, 2.05) is 5.43 Å². The van der Waals surface area contributed by atoms with Crippen LogP contribution in [0, 0.1) is 15.5 Å². The van der Waals surface area contributed by atoms with Crippen molar-refractivity contribution in [2.75, 3.05) is 0 Å². The molecule has 1 saturated heterocycles. The Kier molecular flexibility index (Phi) is 4.99. The lowest BCUT2D eigenvalue weighted by Gasteiger charge is -2.13. The van der Waals surface area contributed by atoms with Crippen molar-refractivity contribution in [3.05, 3.63) is 10.1 Å². The topological polar surface area (TPSA) is 206 Å². The van der Waals surface area contributed by atoms with Crippen LogP contribution >= 0.6 is 0 Å². The number of carbonyl (C=O) groups is 3. The summed E-state index contributed by atoms with van der Waals surface area (Å²) >= 11 is 0. The quantitative estimate of drug-likeness (QED) is 0.0677. The van der Waals surface area contributed by atoms with E-state index in [0.29, 0.717) is 0 Å². The third-order valence-electron chi connectivity index (χ3n) is 1.34. The molecular weight excluding hydrogens is 238 g/mol. The third kappa shape index (κ3) is 4.52. The molecule has 4 amide bonds. The third-order valence-corrected chi connectivity index (χ3v) is 1.34. The van der Waals surface area contributed by atoms with Gasteiger partial charge in [0.2, 0.25) is 0 Å². The van der Waals surface area contributed by atoms with Gasteiger partial charge in [-0.15, -0.1) is 0 Å². The number of nitrogens with two attached hydrogens (primary N) is 2. The smallest absolute Gasteiger partial charge is 0.366 e. The van der Waals surface area contributed by atoms with Crippen molar-refractivity contribution < 1.29 is 19.3 Å². The first-order valence-corrected chi connectivity index (χ1v) is 3.89. The second-order valence-electron chi connectivity index (χ2n) is 2.55. The molecule has 94 valence electrons. The fourth-order valence-electron chi connectivity index (χ4n) is 0.702. The van der Waals surface area contributed by atoms with Gasteiger partial charge in [-0.1, -0.05) is 0 Å². The second-order valence-corrected chi connectivity index (χ2v) is 2.55. The lowest BCUT2D eigenvalue weighted by atomic mass is 10.2. The largest absolute Gasteiger partial charge is 0.369 e. The highest BCUT2D eigenvalue weighted by Gasteiger charge is 2.43. The first-order chi connectivity index (χ1) is 7.79. The minimum Gasteiger partial charge on any atom is -0.369 e. The van der Waals surface area contributed by atoms with E-state index < -0.39 is 28.8 Å². The van der Waals surface area contributed by atoms with Crippen LogP contribution in [0.4, 0.5) is 4.79 Å². The molecule has 12 heteroatoms. The maximum absolute atomic E-state index is 10.6.